The van der Waals surface area contributed by atoms with Crippen LogP contribution in [0.15, 0.2) is 30.3 Å². The Kier molecular flexibility index (Phi) is 4.16. The van der Waals surface area contributed by atoms with Gasteiger partial charge in [-0.15, -0.1) is 0 Å². The molecular weight excluding hydrogens is 280 g/mol. The van der Waals surface area contributed by atoms with Gasteiger partial charge in [0, 0.05) is 0 Å². The molecule has 1 saturated heterocycles. The molecule has 1 amide bonds. The second-order valence-electron chi connectivity index (χ2n) is 6.26. The maximum atomic E-state index is 13.1. The van der Waals surface area contributed by atoms with Crippen LogP contribution in [0.25, 0.3) is 0 Å². The van der Waals surface area contributed by atoms with Gasteiger partial charge in [-0.25, -0.2) is 0 Å². The van der Waals surface area contributed by atoms with Crippen LogP contribution in [0.5, 0.6) is 0 Å². The summed E-state index contributed by atoms with van der Waals surface area (Å²) >= 11 is 0. The standard InChI is InChI=1S/C17H22N2O3/c20-15(21)12-19-14(13-6-2-1-3-7-13)8-11-18-17(16(19)22)9-4-5-10-17/h1-3,6-7,14,18H,4-5,8-12H2,(H,20,21)/t14-/m0/s1. The zero-order valence-electron chi connectivity index (χ0n) is 12.6. The molecule has 1 aliphatic heterocycles. The Labute approximate surface area is 130 Å². The molecule has 1 saturated carbocycles. The van der Waals surface area contributed by atoms with Gasteiger partial charge in [0.25, 0.3) is 0 Å². The van der Waals surface area contributed by atoms with Gasteiger partial charge >= 0.3 is 5.97 Å². The second kappa shape index (κ2) is 6.08. The van der Waals surface area contributed by atoms with Gasteiger partial charge in [-0.3, -0.25) is 9.59 Å². The maximum Gasteiger partial charge on any atom is 0.323 e. The molecule has 2 N–H and O–H groups in total. The van der Waals surface area contributed by atoms with Crippen LogP contribution in [0.3, 0.4) is 0 Å². The van der Waals surface area contributed by atoms with Crippen LogP contribution in [0, 0.1) is 0 Å². The largest absolute Gasteiger partial charge is 0.480 e. The zero-order valence-corrected chi connectivity index (χ0v) is 12.6. The SMILES string of the molecule is O=C(O)CN1C(=O)C2(CCCC2)NCC[C@H]1c1ccccc1. The molecule has 1 atom stereocenters. The molecule has 5 heteroatoms. The van der Waals surface area contributed by atoms with Gasteiger partial charge in [0.05, 0.1) is 11.6 Å². The Morgan fingerprint density at radius 3 is 2.59 bits per heavy atom. The van der Waals surface area contributed by atoms with Gasteiger partial charge in [-0.05, 0) is 31.4 Å². The summed E-state index contributed by atoms with van der Waals surface area (Å²) in [6, 6.07) is 9.57. The molecule has 0 unspecified atom stereocenters. The number of hydrogen-bond donors (Lipinski definition) is 2. The van der Waals surface area contributed by atoms with Crippen molar-refractivity contribution in [2.24, 2.45) is 0 Å². The fourth-order valence-electron chi connectivity index (χ4n) is 3.81. The number of amides is 1. The average Bonchev–Trinajstić information content (AvgIpc) is 2.95. The number of carbonyl (C=O) groups is 2. The molecular formula is C17H22N2O3. The van der Waals surface area contributed by atoms with Crippen molar-refractivity contribution < 1.29 is 14.7 Å². The molecule has 2 aliphatic rings. The monoisotopic (exact) mass is 302 g/mol. The van der Waals surface area contributed by atoms with Crippen molar-refractivity contribution in [3.63, 3.8) is 0 Å². The summed E-state index contributed by atoms with van der Waals surface area (Å²) in [7, 11) is 0. The summed E-state index contributed by atoms with van der Waals surface area (Å²) in [5.41, 5.74) is 0.466. The lowest BCUT2D eigenvalue weighted by Gasteiger charge is -2.34. The third-order valence-electron chi connectivity index (χ3n) is 4.87. The number of carbonyl (C=O) groups excluding carboxylic acids is 1. The Morgan fingerprint density at radius 1 is 1.27 bits per heavy atom. The first-order valence-corrected chi connectivity index (χ1v) is 7.95. The van der Waals surface area contributed by atoms with E-state index in [4.69, 9.17) is 0 Å². The van der Waals surface area contributed by atoms with Crippen molar-refractivity contribution in [1.82, 2.24) is 10.2 Å². The number of aliphatic carboxylic acids is 1. The lowest BCUT2D eigenvalue weighted by atomic mass is 9.95. The summed E-state index contributed by atoms with van der Waals surface area (Å²) in [4.78, 5) is 26.0. The fraction of sp³-hybridized carbons (Fsp3) is 0.529. The van der Waals surface area contributed by atoms with Crippen LogP contribution in [-0.4, -0.2) is 40.5 Å². The lowest BCUT2D eigenvalue weighted by Crippen LogP contribution is -2.55. The van der Waals surface area contributed by atoms with Crippen LogP contribution >= 0.6 is 0 Å². The van der Waals surface area contributed by atoms with Crippen molar-refractivity contribution >= 4 is 11.9 Å². The molecule has 118 valence electrons. The summed E-state index contributed by atoms with van der Waals surface area (Å²) < 4.78 is 0. The van der Waals surface area contributed by atoms with E-state index < -0.39 is 11.5 Å². The minimum atomic E-state index is -0.954. The summed E-state index contributed by atoms with van der Waals surface area (Å²) in [6.45, 7) is 0.503. The van der Waals surface area contributed by atoms with E-state index in [-0.39, 0.29) is 18.5 Å². The Balaban J connectivity index is 1.95. The van der Waals surface area contributed by atoms with Crippen molar-refractivity contribution in [3.8, 4) is 0 Å². The quantitative estimate of drug-likeness (QED) is 0.895. The van der Waals surface area contributed by atoms with E-state index >= 15 is 0 Å². The third-order valence-corrected chi connectivity index (χ3v) is 4.87. The van der Waals surface area contributed by atoms with Gasteiger partial charge in [0.15, 0.2) is 0 Å². The second-order valence-corrected chi connectivity index (χ2v) is 6.26. The van der Waals surface area contributed by atoms with Gasteiger partial charge < -0.3 is 15.3 Å². The number of benzene rings is 1. The number of nitrogens with one attached hydrogen (secondary N) is 1. The molecule has 22 heavy (non-hydrogen) atoms. The summed E-state index contributed by atoms with van der Waals surface area (Å²) in [6.07, 6.45) is 4.41. The van der Waals surface area contributed by atoms with Crippen molar-refractivity contribution in [3.05, 3.63) is 35.9 Å². The highest BCUT2D eigenvalue weighted by Gasteiger charge is 2.47. The Bertz CT molecular complexity index is 552. The molecule has 2 fully saturated rings. The van der Waals surface area contributed by atoms with Gasteiger partial charge in [-0.2, -0.15) is 0 Å². The molecule has 0 aromatic heterocycles. The number of rotatable bonds is 3. The topological polar surface area (TPSA) is 69.6 Å². The number of nitrogens with zero attached hydrogens (tertiary/aromatic N) is 1. The number of carboxylic acid groups (broad SMARTS) is 1. The Hall–Kier alpha value is -1.88. The van der Waals surface area contributed by atoms with Crippen LogP contribution < -0.4 is 5.32 Å². The normalized spacial score (nSPS) is 24.5. The van der Waals surface area contributed by atoms with Gasteiger partial charge in [0.2, 0.25) is 5.91 Å². The van der Waals surface area contributed by atoms with Crippen LogP contribution in [0.2, 0.25) is 0 Å². The van der Waals surface area contributed by atoms with E-state index in [2.05, 4.69) is 5.32 Å². The summed E-state index contributed by atoms with van der Waals surface area (Å²) in [5.74, 6) is -0.997. The van der Waals surface area contributed by atoms with Crippen molar-refractivity contribution in [2.45, 2.75) is 43.7 Å². The molecule has 1 spiro atoms. The van der Waals surface area contributed by atoms with Crippen LogP contribution in [-0.2, 0) is 9.59 Å². The predicted molar refractivity (Wildman–Crippen MR) is 82.4 cm³/mol. The highest BCUT2D eigenvalue weighted by atomic mass is 16.4. The summed E-state index contributed by atoms with van der Waals surface area (Å²) in [5, 5.41) is 12.7. The van der Waals surface area contributed by atoms with Gasteiger partial charge in [0.1, 0.15) is 6.54 Å². The first-order valence-electron chi connectivity index (χ1n) is 7.95. The van der Waals surface area contributed by atoms with E-state index in [1.54, 1.807) is 4.90 Å². The molecule has 3 rings (SSSR count). The predicted octanol–water partition coefficient (Wildman–Crippen LogP) is 1.95. The van der Waals surface area contributed by atoms with E-state index in [0.717, 1.165) is 44.2 Å². The molecule has 1 aliphatic carbocycles. The van der Waals surface area contributed by atoms with Crippen molar-refractivity contribution in [1.29, 1.82) is 0 Å². The van der Waals surface area contributed by atoms with E-state index in [1.807, 2.05) is 30.3 Å². The zero-order chi connectivity index (χ0) is 15.6. The Morgan fingerprint density at radius 2 is 1.95 bits per heavy atom. The highest BCUT2D eigenvalue weighted by Crippen LogP contribution is 2.37. The van der Waals surface area contributed by atoms with Crippen molar-refractivity contribution in [2.75, 3.05) is 13.1 Å². The van der Waals surface area contributed by atoms with Crippen LogP contribution in [0.4, 0.5) is 0 Å². The molecule has 0 radical (unpaired) electrons. The molecule has 0 bridgehead atoms. The first kappa shape index (κ1) is 15.0. The highest BCUT2D eigenvalue weighted by molar-refractivity contribution is 5.90. The van der Waals surface area contributed by atoms with E-state index in [0.29, 0.717) is 0 Å². The number of carboxylic acids is 1. The third kappa shape index (κ3) is 2.73. The van der Waals surface area contributed by atoms with E-state index in [9.17, 15) is 14.7 Å². The molecule has 1 aromatic rings. The number of hydrogen-bond acceptors (Lipinski definition) is 3. The maximum absolute atomic E-state index is 13.1. The first-order chi connectivity index (χ1) is 10.6. The van der Waals surface area contributed by atoms with Crippen LogP contribution in [0.1, 0.15) is 43.7 Å². The smallest absolute Gasteiger partial charge is 0.323 e. The molecule has 1 heterocycles. The minimum Gasteiger partial charge on any atom is -0.480 e. The van der Waals surface area contributed by atoms with Gasteiger partial charge in [-0.1, -0.05) is 43.2 Å². The molecule has 5 nitrogen and oxygen atoms in total. The fourth-order valence-corrected chi connectivity index (χ4v) is 3.81. The van der Waals surface area contributed by atoms with E-state index in [1.165, 1.54) is 0 Å². The average molecular weight is 302 g/mol. The minimum absolute atomic E-state index is 0.0428. The molecule has 1 aromatic carbocycles. The lowest BCUT2D eigenvalue weighted by molar-refractivity contribution is -0.149.